The lowest BCUT2D eigenvalue weighted by molar-refractivity contribution is 0.394. The SMILES string of the molecule is CN(C)CCCCNS(=O)(=O)c1ccc(C(N)=S)s1. The number of hydrogen-bond donors (Lipinski definition) is 2. The van der Waals surface area contributed by atoms with Crippen molar-refractivity contribution < 1.29 is 8.42 Å². The van der Waals surface area contributed by atoms with Crippen LogP contribution >= 0.6 is 23.6 Å². The van der Waals surface area contributed by atoms with E-state index in [0.29, 0.717) is 11.4 Å². The van der Waals surface area contributed by atoms with Gasteiger partial charge in [-0.15, -0.1) is 11.3 Å². The molecule has 1 heterocycles. The van der Waals surface area contributed by atoms with Crippen LogP contribution < -0.4 is 10.5 Å². The van der Waals surface area contributed by atoms with Gasteiger partial charge in [-0.2, -0.15) is 0 Å². The van der Waals surface area contributed by atoms with Crippen LogP contribution in [0.3, 0.4) is 0 Å². The van der Waals surface area contributed by atoms with Gasteiger partial charge in [0, 0.05) is 6.54 Å². The van der Waals surface area contributed by atoms with Crippen molar-refractivity contribution in [2.24, 2.45) is 5.73 Å². The summed E-state index contributed by atoms with van der Waals surface area (Å²) in [5, 5.41) is 0. The Morgan fingerprint density at radius 2 is 2.11 bits per heavy atom. The molecule has 0 aliphatic heterocycles. The Bertz CT molecular complexity index is 523. The van der Waals surface area contributed by atoms with Gasteiger partial charge < -0.3 is 10.6 Å². The summed E-state index contributed by atoms with van der Waals surface area (Å²) in [6, 6.07) is 3.16. The normalized spacial score (nSPS) is 11.9. The summed E-state index contributed by atoms with van der Waals surface area (Å²) in [6.45, 7) is 1.39. The highest BCUT2D eigenvalue weighted by atomic mass is 32.2. The van der Waals surface area contributed by atoms with Gasteiger partial charge in [0.15, 0.2) is 0 Å². The highest BCUT2D eigenvalue weighted by Crippen LogP contribution is 2.21. The molecule has 0 saturated heterocycles. The smallest absolute Gasteiger partial charge is 0.250 e. The van der Waals surface area contributed by atoms with Crippen LogP contribution in [0.1, 0.15) is 17.7 Å². The minimum absolute atomic E-state index is 0.220. The van der Waals surface area contributed by atoms with Crippen LogP contribution in [0.15, 0.2) is 16.3 Å². The fraction of sp³-hybridized carbons (Fsp3) is 0.545. The van der Waals surface area contributed by atoms with E-state index in [1.807, 2.05) is 14.1 Å². The topological polar surface area (TPSA) is 75.4 Å². The minimum atomic E-state index is -3.43. The van der Waals surface area contributed by atoms with Crippen LogP contribution in [0.4, 0.5) is 0 Å². The van der Waals surface area contributed by atoms with E-state index in [4.69, 9.17) is 18.0 Å². The third-order valence-electron chi connectivity index (χ3n) is 2.41. The van der Waals surface area contributed by atoms with Gasteiger partial charge in [0.2, 0.25) is 10.0 Å². The molecule has 1 rings (SSSR count). The number of sulfonamides is 1. The fourth-order valence-electron chi connectivity index (χ4n) is 1.43. The summed E-state index contributed by atoms with van der Waals surface area (Å²) in [5.74, 6) is 0. The van der Waals surface area contributed by atoms with Crippen molar-refractivity contribution in [2.45, 2.75) is 17.1 Å². The number of nitrogens with two attached hydrogens (primary N) is 1. The molecule has 108 valence electrons. The number of thiophene rings is 1. The summed E-state index contributed by atoms with van der Waals surface area (Å²) in [4.78, 5) is 2.91. The molecule has 0 atom stereocenters. The maximum atomic E-state index is 12.0. The zero-order valence-electron chi connectivity index (χ0n) is 11.0. The molecule has 0 amide bonds. The number of nitrogens with one attached hydrogen (secondary N) is 1. The third kappa shape index (κ3) is 5.53. The van der Waals surface area contributed by atoms with E-state index in [2.05, 4.69) is 9.62 Å². The van der Waals surface area contributed by atoms with E-state index in [9.17, 15) is 8.42 Å². The van der Waals surface area contributed by atoms with Gasteiger partial charge in [-0.25, -0.2) is 13.1 Å². The number of thiocarbonyl (C=S) groups is 1. The molecule has 0 bridgehead atoms. The molecule has 8 heteroatoms. The molecule has 0 unspecified atom stereocenters. The van der Waals surface area contributed by atoms with E-state index in [-0.39, 0.29) is 9.20 Å². The molecule has 0 aromatic carbocycles. The largest absolute Gasteiger partial charge is 0.389 e. The summed E-state index contributed by atoms with van der Waals surface area (Å²) in [7, 11) is 0.552. The van der Waals surface area contributed by atoms with E-state index in [1.54, 1.807) is 6.07 Å². The summed E-state index contributed by atoms with van der Waals surface area (Å²) < 4.78 is 26.8. The van der Waals surface area contributed by atoms with Crippen molar-refractivity contribution in [3.63, 3.8) is 0 Å². The molecule has 0 aliphatic rings. The Morgan fingerprint density at radius 3 is 2.63 bits per heavy atom. The Balaban J connectivity index is 2.49. The Labute approximate surface area is 123 Å². The number of hydrogen-bond acceptors (Lipinski definition) is 5. The molecule has 0 aliphatic carbocycles. The van der Waals surface area contributed by atoms with E-state index in [1.165, 1.54) is 6.07 Å². The highest BCUT2D eigenvalue weighted by Gasteiger charge is 2.16. The Hall–Kier alpha value is -0.540. The van der Waals surface area contributed by atoms with Crippen LogP contribution in [-0.2, 0) is 10.0 Å². The molecule has 0 radical (unpaired) electrons. The summed E-state index contributed by atoms with van der Waals surface area (Å²) in [5.41, 5.74) is 5.46. The van der Waals surface area contributed by atoms with E-state index in [0.717, 1.165) is 30.7 Å². The van der Waals surface area contributed by atoms with Crippen LogP contribution in [0.2, 0.25) is 0 Å². The zero-order valence-corrected chi connectivity index (χ0v) is 13.5. The predicted molar refractivity (Wildman–Crippen MR) is 83.2 cm³/mol. The van der Waals surface area contributed by atoms with Gasteiger partial charge in [0.25, 0.3) is 0 Å². The van der Waals surface area contributed by atoms with E-state index >= 15 is 0 Å². The number of rotatable bonds is 8. The lowest BCUT2D eigenvalue weighted by atomic mass is 10.3. The highest BCUT2D eigenvalue weighted by molar-refractivity contribution is 7.91. The fourth-order valence-corrected chi connectivity index (χ4v) is 3.90. The molecular formula is C11H19N3O2S3. The predicted octanol–water partition coefficient (Wildman–Crippen LogP) is 1.00. The molecule has 0 spiro atoms. The maximum absolute atomic E-state index is 12.0. The molecule has 1 aromatic heterocycles. The van der Waals surface area contributed by atoms with Crippen molar-refractivity contribution in [1.29, 1.82) is 0 Å². The van der Waals surface area contributed by atoms with Gasteiger partial charge in [-0.3, -0.25) is 0 Å². The van der Waals surface area contributed by atoms with Crippen molar-refractivity contribution >= 4 is 38.6 Å². The minimum Gasteiger partial charge on any atom is -0.389 e. The molecule has 1 aromatic rings. The van der Waals surface area contributed by atoms with Gasteiger partial charge in [-0.05, 0) is 45.6 Å². The second-order valence-electron chi connectivity index (χ2n) is 4.39. The van der Waals surface area contributed by atoms with Gasteiger partial charge >= 0.3 is 0 Å². The number of nitrogens with zero attached hydrogens (tertiary/aromatic N) is 1. The van der Waals surface area contributed by atoms with Crippen molar-refractivity contribution in [3.8, 4) is 0 Å². The lowest BCUT2D eigenvalue weighted by Crippen LogP contribution is -2.24. The number of unbranched alkanes of at least 4 members (excludes halogenated alkanes) is 1. The Kier molecular flexibility index (Phi) is 6.34. The van der Waals surface area contributed by atoms with Gasteiger partial charge in [-0.1, -0.05) is 12.2 Å². The van der Waals surface area contributed by atoms with Crippen LogP contribution in [0, 0.1) is 0 Å². The van der Waals surface area contributed by atoms with Gasteiger partial charge in [0.1, 0.15) is 9.20 Å². The van der Waals surface area contributed by atoms with Crippen LogP contribution in [0.5, 0.6) is 0 Å². The molecule has 5 nitrogen and oxygen atoms in total. The molecule has 0 saturated carbocycles. The maximum Gasteiger partial charge on any atom is 0.250 e. The second kappa shape index (κ2) is 7.30. The first kappa shape index (κ1) is 16.5. The first-order valence-electron chi connectivity index (χ1n) is 5.87. The summed E-state index contributed by atoms with van der Waals surface area (Å²) >= 11 is 5.90. The standard InChI is InChI=1S/C11H19N3O2S3/c1-14(2)8-4-3-7-13-19(15,16)10-6-5-9(18-10)11(12)17/h5-6,13H,3-4,7-8H2,1-2H3,(H2,12,17). The Morgan fingerprint density at radius 1 is 1.42 bits per heavy atom. The molecule has 3 N–H and O–H groups in total. The monoisotopic (exact) mass is 321 g/mol. The van der Waals surface area contributed by atoms with Crippen LogP contribution in [-0.4, -0.2) is 45.5 Å². The molecular weight excluding hydrogens is 302 g/mol. The second-order valence-corrected chi connectivity index (χ2v) is 7.91. The molecule has 19 heavy (non-hydrogen) atoms. The van der Waals surface area contributed by atoms with Gasteiger partial charge in [0.05, 0.1) is 4.88 Å². The summed E-state index contributed by atoms with van der Waals surface area (Å²) in [6.07, 6.45) is 1.77. The van der Waals surface area contributed by atoms with Crippen molar-refractivity contribution in [1.82, 2.24) is 9.62 Å². The van der Waals surface area contributed by atoms with Crippen LogP contribution in [0.25, 0.3) is 0 Å². The average Bonchev–Trinajstić information content (AvgIpc) is 2.77. The van der Waals surface area contributed by atoms with Crippen molar-refractivity contribution in [3.05, 3.63) is 17.0 Å². The molecule has 0 fully saturated rings. The first-order chi connectivity index (χ1) is 8.83. The van der Waals surface area contributed by atoms with Crippen molar-refractivity contribution in [2.75, 3.05) is 27.2 Å². The quantitative estimate of drug-likeness (QED) is 0.552. The lowest BCUT2D eigenvalue weighted by Gasteiger charge is -2.09. The first-order valence-corrected chi connectivity index (χ1v) is 8.58. The van der Waals surface area contributed by atoms with E-state index < -0.39 is 10.0 Å². The zero-order chi connectivity index (χ0) is 14.5. The average molecular weight is 321 g/mol. The third-order valence-corrected chi connectivity index (χ3v) is 5.83.